The summed E-state index contributed by atoms with van der Waals surface area (Å²) in [4.78, 5) is 5.33. The molecule has 3 nitrogen and oxygen atoms in total. The van der Waals surface area contributed by atoms with Gasteiger partial charge in [-0.25, -0.2) is 4.98 Å². The number of nitrogens with one attached hydrogen (secondary N) is 1. The molecule has 0 saturated carbocycles. The lowest BCUT2D eigenvalue weighted by molar-refractivity contribution is 0.675. The van der Waals surface area contributed by atoms with Crippen molar-refractivity contribution in [1.29, 1.82) is 0 Å². The molecule has 1 aromatic heterocycles. The Hall–Kier alpha value is -0.970. The van der Waals surface area contributed by atoms with Crippen LogP contribution in [0, 0.1) is 0 Å². The molecule has 102 valence electrons. The van der Waals surface area contributed by atoms with Gasteiger partial charge in [-0.2, -0.15) is 0 Å². The van der Waals surface area contributed by atoms with Crippen LogP contribution < -0.4 is 5.32 Å². The van der Waals surface area contributed by atoms with E-state index in [1.165, 1.54) is 5.56 Å². The fourth-order valence-electron chi connectivity index (χ4n) is 1.70. The van der Waals surface area contributed by atoms with Crippen LogP contribution in [0.1, 0.15) is 18.9 Å². The first-order chi connectivity index (χ1) is 9.20. The molecule has 0 amide bonds. The number of halogens is 1. The Balaban J connectivity index is 2.05. The number of rotatable bonds is 6. The fraction of sp³-hybridized carbons (Fsp3) is 0.357. The molecule has 0 bridgehead atoms. The van der Waals surface area contributed by atoms with Crippen LogP contribution in [-0.4, -0.2) is 16.1 Å². The van der Waals surface area contributed by atoms with Crippen LogP contribution in [0.15, 0.2) is 40.6 Å². The molecule has 0 aliphatic rings. The first kappa shape index (κ1) is 14.4. The van der Waals surface area contributed by atoms with Gasteiger partial charge < -0.3 is 9.88 Å². The second-order valence-corrected chi connectivity index (χ2v) is 5.78. The van der Waals surface area contributed by atoms with Gasteiger partial charge in [0.1, 0.15) is 0 Å². The number of nitrogens with zero attached hydrogens (tertiary/aromatic N) is 2. The molecule has 0 radical (unpaired) electrons. The molecule has 19 heavy (non-hydrogen) atoms. The highest BCUT2D eigenvalue weighted by Crippen LogP contribution is 2.32. The third-order valence-corrected chi connectivity index (χ3v) is 4.31. The van der Waals surface area contributed by atoms with E-state index in [1.54, 1.807) is 18.0 Å². The largest absolute Gasteiger partial charge is 0.329 e. The highest BCUT2D eigenvalue weighted by Gasteiger charge is 2.07. The van der Waals surface area contributed by atoms with Crippen molar-refractivity contribution in [3.8, 4) is 0 Å². The van der Waals surface area contributed by atoms with Crippen molar-refractivity contribution in [2.24, 2.45) is 7.05 Å². The first-order valence-electron chi connectivity index (χ1n) is 6.35. The summed E-state index contributed by atoms with van der Waals surface area (Å²) in [6, 6.07) is 6.19. The van der Waals surface area contributed by atoms with Crippen molar-refractivity contribution in [1.82, 2.24) is 14.9 Å². The van der Waals surface area contributed by atoms with Gasteiger partial charge in [-0.1, -0.05) is 36.4 Å². The Morgan fingerprint density at radius 1 is 1.42 bits per heavy atom. The predicted octanol–water partition coefficient (Wildman–Crippen LogP) is 3.72. The zero-order valence-corrected chi connectivity index (χ0v) is 12.8. The van der Waals surface area contributed by atoms with E-state index in [0.29, 0.717) is 0 Å². The normalized spacial score (nSPS) is 10.9. The van der Waals surface area contributed by atoms with Crippen molar-refractivity contribution in [2.45, 2.75) is 29.9 Å². The maximum Gasteiger partial charge on any atom is 0.172 e. The van der Waals surface area contributed by atoms with Gasteiger partial charge in [0.2, 0.25) is 0 Å². The SMILES string of the molecule is CCCNCc1ccc(Sc2nccn2C)c(Cl)c1. The molecule has 0 saturated heterocycles. The van der Waals surface area contributed by atoms with Crippen molar-refractivity contribution in [3.63, 3.8) is 0 Å². The number of hydrogen-bond donors (Lipinski definition) is 1. The summed E-state index contributed by atoms with van der Waals surface area (Å²) < 4.78 is 1.98. The van der Waals surface area contributed by atoms with Gasteiger partial charge in [-0.3, -0.25) is 0 Å². The molecule has 0 aliphatic heterocycles. The quantitative estimate of drug-likeness (QED) is 0.824. The van der Waals surface area contributed by atoms with Crippen molar-refractivity contribution in [2.75, 3.05) is 6.54 Å². The summed E-state index contributed by atoms with van der Waals surface area (Å²) in [5.41, 5.74) is 1.21. The predicted molar refractivity (Wildman–Crippen MR) is 80.8 cm³/mol. The van der Waals surface area contributed by atoms with E-state index < -0.39 is 0 Å². The molecule has 2 aromatic rings. The minimum atomic E-state index is 0.781. The van der Waals surface area contributed by atoms with Gasteiger partial charge in [0.15, 0.2) is 5.16 Å². The Morgan fingerprint density at radius 3 is 2.89 bits per heavy atom. The number of aryl methyl sites for hydroxylation is 1. The van der Waals surface area contributed by atoms with Gasteiger partial charge in [0, 0.05) is 30.9 Å². The molecular weight excluding hydrogens is 278 g/mol. The second kappa shape index (κ2) is 6.98. The van der Waals surface area contributed by atoms with Gasteiger partial charge >= 0.3 is 0 Å². The molecule has 0 fully saturated rings. The average molecular weight is 296 g/mol. The minimum absolute atomic E-state index is 0.781. The Morgan fingerprint density at radius 2 is 2.26 bits per heavy atom. The maximum absolute atomic E-state index is 6.33. The van der Waals surface area contributed by atoms with E-state index >= 15 is 0 Å². The molecule has 1 N–H and O–H groups in total. The molecular formula is C14H18ClN3S. The Labute approximate surface area is 123 Å². The summed E-state index contributed by atoms with van der Waals surface area (Å²) in [7, 11) is 1.98. The van der Waals surface area contributed by atoms with Crippen LogP contribution in [0.2, 0.25) is 5.02 Å². The molecule has 0 unspecified atom stereocenters. The molecule has 1 aromatic carbocycles. The summed E-state index contributed by atoms with van der Waals surface area (Å²) in [6.45, 7) is 4.05. The Bertz CT molecular complexity index is 539. The average Bonchev–Trinajstić information content (AvgIpc) is 2.79. The summed E-state index contributed by atoms with van der Waals surface area (Å²) in [6.07, 6.45) is 4.86. The molecule has 2 rings (SSSR count). The van der Waals surface area contributed by atoms with Crippen LogP contribution in [0.5, 0.6) is 0 Å². The van der Waals surface area contributed by atoms with Crippen LogP contribution in [0.4, 0.5) is 0 Å². The van der Waals surface area contributed by atoms with Crippen LogP contribution in [0.25, 0.3) is 0 Å². The van der Waals surface area contributed by atoms with Gasteiger partial charge in [-0.05, 0) is 30.7 Å². The van der Waals surface area contributed by atoms with Crippen LogP contribution in [0.3, 0.4) is 0 Å². The summed E-state index contributed by atoms with van der Waals surface area (Å²) in [5, 5.41) is 5.10. The third kappa shape index (κ3) is 4.00. The molecule has 0 spiro atoms. The van der Waals surface area contributed by atoms with E-state index in [4.69, 9.17) is 11.6 Å². The monoisotopic (exact) mass is 295 g/mol. The molecule has 5 heteroatoms. The summed E-state index contributed by atoms with van der Waals surface area (Å²) >= 11 is 7.91. The van der Waals surface area contributed by atoms with Crippen molar-refractivity contribution < 1.29 is 0 Å². The lowest BCUT2D eigenvalue weighted by atomic mass is 10.2. The zero-order chi connectivity index (χ0) is 13.7. The first-order valence-corrected chi connectivity index (χ1v) is 7.54. The number of benzene rings is 1. The van der Waals surface area contributed by atoms with Gasteiger partial charge in [0.25, 0.3) is 0 Å². The third-order valence-electron chi connectivity index (χ3n) is 2.73. The fourth-order valence-corrected chi connectivity index (χ4v) is 2.82. The standard InChI is InChI=1S/C14H18ClN3S/c1-3-6-16-10-11-4-5-13(12(15)9-11)19-14-17-7-8-18(14)2/h4-5,7-9,16H,3,6,10H2,1-2H3. The lowest BCUT2D eigenvalue weighted by Gasteiger charge is -2.07. The maximum atomic E-state index is 6.33. The van der Waals surface area contributed by atoms with E-state index in [0.717, 1.165) is 34.6 Å². The Kier molecular flexibility index (Phi) is 5.31. The highest BCUT2D eigenvalue weighted by atomic mass is 35.5. The van der Waals surface area contributed by atoms with E-state index in [9.17, 15) is 0 Å². The van der Waals surface area contributed by atoms with Gasteiger partial charge in [-0.15, -0.1) is 0 Å². The number of aromatic nitrogens is 2. The zero-order valence-electron chi connectivity index (χ0n) is 11.2. The highest BCUT2D eigenvalue weighted by molar-refractivity contribution is 7.99. The second-order valence-electron chi connectivity index (χ2n) is 4.36. The smallest absolute Gasteiger partial charge is 0.172 e. The van der Waals surface area contributed by atoms with Crippen molar-refractivity contribution in [3.05, 3.63) is 41.2 Å². The number of imidazole rings is 1. The van der Waals surface area contributed by atoms with Gasteiger partial charge in [0.05, 0.1) is 5.02 Å². The van der Waals surface area contributed by atoms with Crippen molar-refractivity contribution >= 4 is 23.4 Å². The molecule has 0 atom stereocenters. The van der Waals surface area contributed by atoms with E-state index in [2.05, 4.69) is 29.4 Å². The molecule has 0 aliphatic carbocycles. The topological polar surface area (TPSA) is 29.9 Å². The molecule has 1 heterocycles. The van der Waals surface area contributed by atoms with Crippen LogP contribution in [-0.2, 0) is 13.6 Å². The summed E-state index contributed by atoms with van der Waals surface area (Å²) in [5.74, 6) is 0. The van der Waals surface area contributed by atoms with E-state index in [-0.39, 0.29) is 0 Å². The number of hydrogen-bond acceptors (Lipinski definition) is 3. The lowest BCUT2D eigenvalue weighted by Crippen LogP contribution is -2.13. The van der Waals surface area contributed by atoms with E-state index in [1.807, 2.05) is 23.9 Å². The minimum Gasteiger partial charge on any atom is -0.329 e. The van der Waals surface area contributed by atoms with Crippen LogP contribution >= 0.6 is 23.4 Å².